The molecule has 5 nitrogen and oxygen atoms in total. The summed E-state index contributed by atoms with van der Waals surface area (Å²) in [5.41, 5.74) is -5.19. The lowest BCUT2D eigenvalue weighted by molar-refractivity contribution is -0.0759. The Bertz CT molecular complexity index is 520. The van der Waals surface area contributed by atoms with E-state index in [9.17, 15) is 25.8 Å². The second kappa shape index (κ2) is 5.17. The monoisotopic (exact) mass is 346 g/mol. The van der Waals surface area contributed by atoms with Crippen LogP contribution in [0.25, 0.3) is 4.13 Å². The van der Waals surface area contributed by atoms with Gasteiger partial charge < -0.3 is 4.13 Å². The summed E-state index contributed by atoms with van der Waals surface area (Å²) >= 11 is 0. The second-order valence-electron chi connectivity index (χ2n) is 6.19. The van der Waals surface area contributed by atoms with Gasteiger partial charge in [-0.05, 0) is 55.8 Å². The standard InChI is InChI=1S/C11H15F3NO4S2/c12-11(13,14)20(16)15-21(17,18)19-10-8-2-6-1-7(4-8)5-9(10)3-6/h6-10H,1-5H2/q-1. The highest BCUT2D eigenvalue weighted by Gasteiger charge is 2.49. The molecule has 1 unspecified atom stereocenters. The van der Waals surface area contributed by atoms with E-state index in [0.29, 0.717) is 11.8 Å². The van der Waals surface area contributed by atoms with Crippen molar-refractivity contribution in [2.24, 2.45) is 23.7 Å². The van der Waals surface area contributed by atoms with Crippen molar-refractivity contribution in [1.29, 1.82) is 0 Å². The summed E-state index contributed by atoms with van der Waals surface area (Å²) in [7, 11) is -8.61. The van der Waals surface area contributed by atoms with Gasteiger partial charge in [-0.1, -0.05) is 0 Å². The topological polar surface area (TPSA) is 74.5 Å². The summed E-state index contributed by atoms with van der Waals surface area (Å²) in [6, 6.07) is 0. The molecule has 0 amide bonds. The SMILES string of the molecule is O=S([N-]S(=O)(=O)OC1C2CC3CC(C2)CC1C3)C(F)(F)F. The maximum absolute atomic E-state index is 12.1. The van der Waals surface area contributed by atoms with Crippen LogP contribution >= 0.6 is 0 Å². The van der Waals surface area contributed by atoms with Gasteiger partial charge in [-0.3, -0.25) is 8.39 Å². The van der Waals surface area contributed by atoms with Gasteiger partial charge in [-0.25, -0.2) is 8.42 Å². The fraction of sp³-hybridized carbons (Fsp3) is 1.00. The third-order valence-electron chi connectivity index (χ3n) is 4.73. The molecule has 0 saturated heterocycles. The first kappa shape index (κ1) is 15.7. The van der Waals surface area contributed by atoms with Crippen LogP contribution in [-0.2, 0) is 25.5 Å². The summed E-state index contributed by atoms with van der Waals surface area (Å²) in [6.45, 7) is 0. The fourth-order valence-electron chi connectivity index (χ4n) is 4.32. The normalized spacial score (nSPS) is 40.4. The van der Waals surface area contributed by atoms with Crippen molar-refractivity contribution >= 4 is 21.3 Å². The van der Waals surface area contributed by atoms with Gasteiger partial charge in [0.1, 0.15) is 0 Å². The van der Waals surface area contributed by atoms with E-state index in [-0.39, 0.29) is 11.8 Å². The predicted molar refractivity (Wildman–Crippen MR) is 68.4 cm³/mol. The molecular weight excluding hydrogens is 331 g/mol. The molecule has 0 radical (unpaired) electrons. The summed E-state index contributed by atoms with van der Waals surface area (Å²) in [5.74, 6) is 1.28. The largest absolute Gasteiger partial charge is 0.453 e. The van der Waals surface area contributed by atoms with E-state index in [2.05, 4.69) is 4.13 Å². The van der Waals surface area contributed by atoms with E-state index in [1.165, 1.54) is 0 Å². The van der Waals surface area contributed by atoms with Crippen molar-refractivity contribution in [3.8, 4) is 0 Å². The Hall–Kier alpha value is -0.190. The zero-order valence-electron chi connectivity index (χ0n) is 11.0. The van der Waals surface area contributed by atoms with Gasteiger partial charge in [0.2, 0.25) is 10.3 Å². The van der Waals surface area contributed by atoms with E-state index in [1.54, 1.807) is 0 Å². The molecule has 1 atom stereocenters. The molecule has 0 aliphatic heterocycles. The molecule has 4 bridgehead atoms. The molecule has 4 aliphatic rings. The van der Waals surface area contributed by atoms with Gasteiger partial charge >= 0.3 is 5.51 Å². The quantitative estimate of drug-likeness (QED) is 0.784. The highest BCUT2D eigenvalue weighted by atomic mass is 32.3. The first-order chi connectivity index (χ1) is 9.64. The van der Waals surface area contributed by atoms with Crippen LogP contribution in [0.3, 0.4) is 0 Å². The zero-order chi connectivity index (χ0) is 15.4. The minimum atomic E-state index is -5.19. The average Bonchev–Trinajstić information content (AvgIpc) is 2.31. The highest BCUT2D eigenvalue weighted by Crippen LogP contribution is 2.55. The van der Waals surface area contributed by atoms with E-state index >= 15 is 0 Å². The summed E-state index contributed by atoms with van der Waals surface area (Å²) in [5, 5.41) is 0. The summed E-state index contributed by atoms with van der Waals surface area (Å²) in [4.78, 5) is 0. The van der Waals surface area contributed by atoms with Crippen molar-refractivity contribution in [1.82, 2.24) is 0 Å². The van der Waals surface area contributed by atoms with E-state index in [1.807, 2.05) is 0 Å². The smallest absolute Gasteiger partial charge is 0.431 e. The van der Waals surface area contributed by atoms with Gasteiger partial charge in [0, 0.05) is 11.0 Å². The van der Waals surface area contributed by atoms with Crippen molar-refractivity contribution in [2.75, 3.05) is 0 Å². The molecule has 0 aromatic rings. The van der Waals surface area contributed by atoms with Gasteiger partial charge in [0.15, 0.2) is 0 Å². The lowest BCUT2D eigenvalue weighted by Gasteiger charge is -2.53. The average molecular weight is 346 g/mol. The minimum absolute atomic E-state index is 0.0607. The third-order valence-corrected chi connectivity index (χ3v) is 6.86. The Labute approximate surface area is 123 Å². The van der Waals surface area contributed by atoms with E-state index in [0.717, 1.165) is 32.1 Å². The molecule has 0 heterocycles. The van der Waals surface area contributed by atoms with Crippen LogP contribution in [0.5, 0.6) is 0 Å². The third kappa shape index (κ3) is 3.27. The van der Waals surface area contributed by atoms with Crippen LogP contribution in [0.1, 0.15) is 32.1 Å². The van der Waals surface area contributed by atoms with E-state index in [4.69, 9.17) is 4.18 Å². The number of hydrogen-bond donors (Lipinski definition) is 0. The number of rotatable bonds is 4. The van der Waals surface area contributed by atoms with Crippen molar-refractivity contribution in [3.05, 3.63) is 4.13 Å². The van der Waals surface area contributed by atoms with Crippen LogP contribution in [0.15, 0.2) is 0 Å². The Kier molecular flexibility index (Phi) is 3.87. The molecule has 4 aliphatic carbocycles. The Morgan fingerprint density at radius 3 is 1.90 bits per heavy atom. The molecule has 4 saturated carbocycles. The molecule has 0 N–H and O–H groups in total. The molecule has 21 heavy (non-hydrogen) atoms. The zero-order valence-corrected chi connectivity index (χ0v) is 12.6. The lowest BCUT2D eigenvalue weighted by atomic mass is 9.55. The molecule has 0 spiro atoms. The molecule has 0 aromatic carbocycles. The van der Waals surface area contributed by atoms with Crippen LogP contribution in [0, 0.1) is 23.7 Å². The first-order valence-electron chi connectivity index (χ1n) is 6.79. The van der Waals surface area contributed by atoms with Crippen molar-refractivity contribution < 1.29 is 30.0 Å². The Morgan fingerprint density at radius 2 is 1.48 bits per heavy atom. The molecule has 4 fully saturated rings. The van der Waals surface area contributed by atoms with Gasteiger partial charge in [-0.2, -0.15) is 13.2 Å². The van der Waals surface area contributed by atoms with Gasteiger partial charge in [-0.15, -0.1) is 0 Å². The van der Waals surface area contributed by atoms with Crippen LogP contribution in [0.4, 0.5) is 13.2 Å². The van der Waals surface area contributed by atoms with E-state index < -0.39 is 32.9 Å². The maximum Gasteiger partial charge on any atom is 0.453 e. The first-order valence-corrected chi connectivity index (χ1v) is 9.26. The molecule has 4 rings (SSSR count). The number of halogens is 3. The molecule has 0 aromatic heterocycles. The van der Waals surface area contributed by atoms with Crippen molar-refractivity contribution in [3.63, 3.8) is 0 Å². The fourth-order valence-corrected chi connectivity index (χ4v) is 6.05. The summed E-state index contributed by atoms with van der Waals surface area (Å²) < 4.78 is 77.6. The summed E-state index contributed by atoms with van der Waals surface area (Å²) in [6.07, 6.45) is 3.97. The second-order valence-corrected chi connectivity index (χ2v) is 8.79. The van der Waals surface area contributed by atoms with Crippen LogP contribution in [-0.4, -0.2) is 24.2 Å². The number of hydrogen-bond acceptors (Lipinski definition) is 4. The molecule has 10 heteroatoms. The van der Waals surface area contributed by atoms with Crippen LogP contribution in [0.2, 0.25) is 0 Å². The Morgan fingerprint density at radius 1 is 1.00 bits per heavy atom. The molecular formula is C11H15F3NO4S2-. The van der Waals surface area contributed by atoms with Gasteiger partial charge in [0.05, 0.1) is 6.10 Å². The minimum Gasteiger partial charge on any atom is -0.431 e. The van der Waals surface area contributed by atoms with Crippen molar-refractivity contribution in [2.45, 2.75) is 43.7 Å². The lowest BCUT2D eigenvalue weighted by Crippen LogP contribution is -2.50. The number of alkyl halides is 3. The number of nitrogens with zero attached hydrogens (tertiary/aromatic N) is 1. The molecule has 122 valence electrons. The Balaban J connectivity index is 1.67. The maximum atomic E-state index is 12.1. The highest BCUT2D eigenvalue weighted by molar-refractivity contribution is 8.07. The van der Waals surface area contributed by atoms with Crippen LogP contribution < -0.4 is 0 Å². The van der Waals surface area contributed by atoms with Gasteiger partial charge in [0.25, 0.3) is 0 Å². The predicted octanol–water partition coefficient (Wildman–Crippen LogP) is 2.63.